The summed E-state index contributed by atoms with van der Waals surface area (Å²) in [5.74, 6) is -0.397. The quantitative estimate of drug-likeness (QED) is 0.846. The Morgan fingerprint density at radius 1 is 1.12 bits per heavy atom. The Kier molecular flexibility index (Phi) is 5.89. The molecular formula is C18H21N3O3. The van der Waals surface area contributed by atoms with Crippen LogP contribution in [0.15, 0.2) is 48.7 Å². The number of aliphatic carboxylic acids is 1. The van der Waals surface area contributed by atoms with Crippen molar-refractivity contribution >= 4 is 23.4 Å². The van der Waals surface area contributed by atoms with E-state index >= 15 is 0 Å². The van der Waals surface area contributed by atoms with E-state index in [0.717, 1.165) is 11.5 Å². The number of carbonyl (C=O) groups is 2. The van der Waals surface area contributed by atoms with Gasteiger partial charge < -0.3 is 14.9 Å². The second-order valence-corrected chi connectivity index (χ2v) is 5.33. The molecule has 1 aromatic heterocycles. The third kappa shape index (κ3) is 4.32. The van der Waals surface area contributed by atoms with E-state index in [-0.39, 0.29) is 18.9 Å². The van der Waals surface area contributed by atoms with Gasteiger partial charge in [0.15, 0.2) is 0 Å². The van der Waals surface area contributed by atoms with Gasteiger partial charge in [-0.2, -0.15) is 0 Å². The molecule has 126 valence electrons. The van der Waals surface area contributed by atoms with Crippen LogP contribution in [0.1, 0.15) is 23.7 Å². The number of anilines is 2. The zero-order chi connectivity index (χ0) is 17.5. The number of hydrogen-bond donors (Lipinski definition) is 1. The van der Waals surface area contributed by atoms with Gasteiger partial charge in [-0.15, -0.1) is 0 Å². The number of pyridine rings is 1. The van der Waals surface area contributed by atoms with Crippen molar-refractivity contribution in [2.45, 2.75) is 13.3 Å². The van der Waals surface area contributed by atoms with Crippen molar-refractivity contribution in [3.05, 3.63) is 54.2 Å². The van der Waals surface area contributed by atoms with E-state index in [1.165, 1.54) is 11.1 Å². The Bertz CT molecular complexity index is 686. The van der Waals surface area contributed by atoms with Gasteiger partial charge in [0, 0.05) is 32.0 Å². The fraction of sp³-hybridized carbons (Fsp3) is 0.278. The average Bonchev–Trinajstić information content (AvgIpc) is 2.62. The number of benzene rings is 1. The first-order valence-electron chi connectivity index (χ1n) is 7.78. The number of aromatic nitrogens is 1. The SMILES string of the molecule is CCN(CCC(=O)O)C(=O)c1ccc(N(C)c2ccccc2)nc1. The first-order valence-corrected chi connectivity index (χ1v) is 7.78. The minimum absolute atomic E-state index is 0.0676. The zero-order valence-electron chi connectivity index (χ0n) is 13.8. The van der Waals surface area contributed by atoms with E-state index in [1.807, 2.05) is 49.2 Å². The standard InChI is InChI=1S/C18H21N3O3/c1-3-21(12-11-17(22)23)18(24)14-9-10-16(19-13-14)20(2)15-7-5-4-6-8-15/h4-10,13H,3,11-12H2,1-2H3,(H,22,23). The average molecular weight is 327 g/mol. The lowest BCUT2D eigenvalue weighted by Gasteiger charge is -2.21. The molecule has 0 atom stereocenters. The van der Waals surface area contributed by atoms with Crippen molar-refractivity contribution in [3.63, 3.8) is 0 Å². The van der Waals surface area contributed by atoms with Gasteiger partial charge >= 0.3 is 5.97 Å². The molecule has 2 rings (SSSR count). The third-order valence-electron chi connectivity index (χ3n) is 3.75. The smallest absolute Gasteiger partial charge is 0.305 e. The second-order valence-electron chi connectivity index (χ2n) is 5.33. The Labute approximate surface area is 141 Å². The molecule has 2 aromatic rings. The molecule has 0 aliphatic heterocycles. The molecule has 0 unspecified atom stereocenters. The lowest BCUT2D eigenvalue weighted by Crippen LogP contribution is -2.33. The fourth-order valence-corrected chi connectivity index (χ4v) is 2.31. The predicted octanol–water partition coefficient (Wildman–Crippen LogP) is 2.79. The van der Waals surface area contributed by atoms with Crippen LogP contribution in [0, 0.1) is 0 Å². The maximum atomic E-state index is 12.4. The third-order valence-corrected chi connectivity index (χ3v) is 3.75. The number of carbonyl (C=O) groups excluding carboxylic acids is 1. The van der Waals surface area contributed by atoms with Crippen LogP contribution in [0.4, 0.5) is 11.5 Å². The van der Waals surface area contributed by atoms with Gasteiger partial charge in [0.1, 0.15) is 5.82 Å². The number of hydrogen-bond acceptors (Lipinski definition) is 4. The monoisotopic (exact) mass is 327 g/mol. The van der Waals surface area contributed by atoms with Crippen molar-refractivity contribution in [1.82, 2.24) is 9.88 Å². The summed E-state index contributed by atoms with van der Waals surface area (Å²) in [5, 5.41) is 8.76. The summed E-state index contributed by atoms with van der Waals surface area (Å²) in [7, 11) is 1.91. The summed E-state index contributed by atoms with van der Waals surface area (Å²) in [6, 6.07) is 13.3. The van der Waals surface area contributed by atoms with Gasteiger partial charge in [-0.1, -0.05) is 18.2 Å². The minimum atomic E-state index is -0.917. The molecule has 0 radical (unpaired) electrons. The molecule has 0 saturated carbocycles. The lowest BCUT2D eigenvalue weighted by molar-refractivity contribution is -0.137. The van der Waals surface area contributed by atoms with E-state index in [9.17, 15) is 9.59 Å². The van der Waals surface area contributed by atoms with Crippen molar-refractivity contribution in [2.75, 3.05) is 25.0 Å². The summed E-state index contributed by atoms with van der Waals surface area (Å²) in [5.41, 5.74) is 1.45. The van der Waals surface area contributed by atoms with E-state index in [0.29, 0.717) is 12.1 Å². The topological polar surface area (TPSA) is 73.7 Å². The Hall–Kier alpha value is -2.89. The normalized spacial score (nSPS) is 10.2. The summed E-state index contributed by atoms with van der Waals surface area (Å²) < 4.78 is 0. The highest BCUT2D eigenvalue weighted by atomic mass is 16.4. The number of amides is 1. The first kappa shape index (κ1) is 17.5. The van der Waals surface area contributed by atoms with Crippen molar-refractivity contribution in [2.24, 2.45) is 0 Å². The van der Waals surface area contributed by atoms with Crippen molar-refractivity contribution in [1.29, 1.82) is 0 Å². The number of rotatable bonds is 7. The van der Waals surface area contributed by atoms with Gasteiger partial charge in [-0.25, -0.2) is 4.98 Å². The first-order chi connectivity index (χ1) is 11.5. The van der Waals surface area contributed by atoms with Crippen LogP contribution < -0.4 is 4.90 Å². The Balaban J connectivity index is 2.10. The maximum absolute atomic E-state index is 12.4. The summed E-state index contributed by atoms with van der Waals surface area (Å²) >= 11 is 0. The van der Waals surface area contributed by atoms with E-state index < -0.39 is 5.97 Å². The molecular weight excluding hydrogens is 306 g/mol. The van der Waals surface area contributed by atoms with E-state index in [2.05, 4.69) is 4.98 Å². The molecule has 0 saturated heterocycles. The summed E-state index contributed by atoms with van der Waals surface area (Å²) in [4.78, 5) is 30.9. The van der Waals surface area contributed by atoms with Crippen LogP contribution in [-0.2, 0) is 4.79 Å². The molecule has 0 aliphatic carbocycles. The molecule has 0 aliphatic rings. The van der Waals surface area contributed by atoms with Crippen LogP contribution in [0.2, 0.25) is 0 Å². The molecule has 0 fully saturated rings. The van der Waals surface area contributed by atoms with Gasteiger partial charge in [-0.3, -0.25) is 9.59 Å². The second kappa shape index (κ2) is 8.10. The highest BCUT2D eigenvalue weighted by Gasteiger charge is 2.16. The number of carboxylic acid groups (broad SMARTS) is 1. The molecule has 6 nitrogen and oxygen atoms in total. The number of para-hydroxylation sites is 1. The van der Waals surface area contributed by atoms with Crippen LogP contribution in [0.3, 0.4) is 0 Å². The summed E-state index contributed by atoms with van der Waals surface area (Å²) in [6.07, 6.45) is 1.46. The highest BCUT2D eigenvalue weighted by molar-refractivity contribution is 5.94. The molecule has 0 spiro atoms. The van der Waals surface area contributed by atoms with Crippen LogP contribution in [0.25, 0.3) is 0 Å². The molecule has 6 heteroatoms. The van der Waals surface area contributed by atoms with Gasteiger partial charge in [-0.05, 0) is 31.2 Å². The van der Waals surface area contributed by atoms with Crippen molar-refractivity contribution in [3.8, 4) is 0 Å². The molecule has 1 aromatic carbocycles. The lowest BCUT2D eigenvalue weighted by atomic mass is 10.2. The number of nitrogens with zero attached hydrogens (tertiary/aromatic N) is 3. The molecule has 1 amide bonds. The minimum Gasteiger partial charge on any atom is -0.481 e. The van der Waals surface area contributed by atoms with E-state index in [1.54, 1.807) is 12.1 Å². The van der Waals surface area contributed by atoms with Crippen LogP contribution >= 0.6 is 0 Å². The Morgan fingerprint density at radius 3 is 2.38 bits per heavy atom. The number of carboxylic acids is 1. The van der Waals surface area contributed by atoms with Gasteiger partial charge in [0.05, 0.1) is 12.0 Å². The summed E-state index contributed by atoms with van der Waals surface area (Å²) in [6.45, 7) is 2.47. The highest BCUT2D eigenvalue weighted by Crippen LogP contribution is 2.21. The Morgan fingerprint density at radius 2 is 1.83 bits per heavy atom. The van der Waals surface area contributed by atoms with Crippen LogP contribution in [0.5, 0.6) is 0 Å². The van der Waals surface area contributed by atoms with Gasteiger partial charge in [0.25, 0.3) is 5.91 Å². The van der Waals surface area contributed by atoms with E-state index in [4.69, 9.17) is 5.11 Å². The molecule has 1 heterocycles. The molecule has 1 N–H and O–H groups in total. The predicted molar refractivity (Wildman–Crippen MR) is 92.6 cm³/mol. The van der Waals surface area contributed by atoms with Crippen molar-refractivity contribution < 1.29 is 14.7 Å². The van der Waals surface area contributed by atoms with Crippen LogP contribution in [-0.4, -0.2) is 47.0 Å². The van der Waals surface area contributed by atoms with Gasteiger partial charge in [0.2, 0.25) is 0 Å². The molecule has 0 bridgehead atoms. The molecule has 24 heavy (non-hydrogen) atoms. The largest absolute Gasteiger partial charge is 0.481 e. The maximum Gasteiger partial charge on any atom is 0.305 e. The zero-order valence-corrected chi connectivity index (χ0v) is 13.8. The fourth-order valence-electron chi connectivity index (χ4n) is 2.31.